The van der Waals surface area contributed by atoms with Crippen molar-refractivity contribution in [3.63, 3.8) is 0 Å². The second-order valence-corrected chi connectivity index (χ2v) is 7.66. The van der Waals surface area contributed by atoms with E-state index in [1.807, 2.05) is 6.92 Å². The first-order valence-electron chi connectivity index (χ1n) is 10.8. The average molecular weight is 450 g/mol. The Kier molecular flexibility index (Phi) is 7.92. The van der Waals surface area contributed by atoms with Crippen molar-refractivity contribution < 1.29 is 23.1 Å². The Morgan fingerprint density at radius 3 is 2.25 bits per heavy atom. The summed E-state index contributed by atoms with van der Waals surface area (Å²) in [6.07, 6.45) is 0.437. The number of piperazine rings is 1. The molecule has 3 rings (SSSR count). The van der Waals surface area contributed by atoms with Gasteiger partial charge >= 0.3 is 5.97 Å². The minimum absolute atomic E-state index is 0.0881. The fraction of sp³-hybridized carbons (Fsp3) is 0.500. The number of esters is 1. The number of carbonyl (C=O) groups is 2. The van der Waals surface area contributed by atoms with Gasteiger partial charge in [0, 0.05) is 32.7 Å². The lowest BCUT2D eigenvalue weighted by molar-refractivity contribution is 0.0472. The van der Waals surface area contributed by atoms with Crippen molar-refractivity contribution in [3.05, 3.63) is 46.7 Å². The summed E-state index contributed by atoms with van der Waals surface area (Å²) in [5.41, 5.74) is 5.98. The lowest BCUT2D eigenvalue weighted by atomic mass is 10.1. The van der Waals surface area contributed by atoms with Crippen molar-refractivity contribution >= 4 is 17.6 Å². The number of nitrogens with zero attached hydrogens (tertiary/aromatic N) is 4. The summed E-state index contributed by atoms with van der Waals surface area (Å²) in [5, 5.41) is 4.43. The van der Waals surface area contributed by atoms with Crippen molar-refractivity contribution in [1.82, 2.24) is 19.6 Å². The van der Waals surface area contributed by atoms with Crippen LogP contribution in [0.1, 0.15) is 40.3 Å². The van der Waals surface area contributed by atoms with Gasteiger partial charge in [-0.2, -0.15) is 5.10 Å². The van der Waals surface area contributed by atoms with Crippen LogP contribution in [-0.2, 0) is 17.7 Å². The Morgan fingerprint density at radius 1 is 1.03 bits per heavy atom. The zero-order valence-corrected chi connectivity index (χ0v) is 18.4. The highest BCUT2D eigenvalue weighted by atomic mass is 19.1. The van der Waals surface area contributed by atoms with Gasteiger partial charge in [0.2, 0.25) is 5.78 Å². The number of aryl methyl sites for hydroxylation is 1. The topological polar surface area (TPSA) is 93.7 Å². The maximum atomic E-state index is 13.8. The van der Waals surface area contributed by atoms with Gasteiger partial charge in [0.1, 0.15) is 23.0 Å². The number of carbonyl (C=O) groups excluding carboxylic acids is 2. The van der Waals surface area contributed by atoms with Gasteiger partial charge in [-0.25, -0.2) is 18.3 Å². The van der Waals surface area contributed by atoms with Crippen LogP contribution in [0.2, 0.25) is 0 Å². The molecule has 10 heteroatoms. The minimum atomic E-state index is -1.01. The molecule has 1 aromatic carbocycles. The number of halogens is 2. The predicted octanol–water partition coefficient (Wildman–Crippen LogP) is 1.98. The van der Waals surface area contributed by atoms with Crippen LogP contribution in [0.5, 0.6) is 0 Å². The SMILES string of the molecule is CCc1nn(CCN2CCN(CC)CC2)c(N)c1C(=O)OCC(=O)c1c(F)cccc1F. The number of nitrogens with two attached hydrogens (primary N) is 1. The zero-order chi connectivity index (χ0) is 23.3. The molecule has 174 valence electrons. The number of Topliss-reactive ketones (excluding diaryl/α,β-unsaturated/α-hetero) is 1. The Balaban J connectivity index is 1.63. The first kappa shape index (κ1) is 23.8. The van der Waals surface area contributed by atoms with Crippen molar-refractivity contribution in [2.24, 2.45) is 0 Å². The number of ketones is 1. The predicted molar refractivity (Wildman–Crippen MR) is 116 cm³/mol. The zero-order valence-electron chi connectivity index (χ0n) is 18.4. The van der Waals surface area contributed by atoms with Gasteiger partial charge in [-0.15, -0.1) is 0 Å². The summed E-state index contributed by atoms with van der Waals surface area (Å²) in [5.74, 6) is -3.67. The van der Waals surface area contributed by atoms with E-state index in [0.29, 0.717) is 18.7 Å². The Hall–Kier alpha value is -2.85. The highest BCUT2D eigenvalue weighted by molar-refractivity contribution is 6.01. The summed E-state index contributed by atoms with van der Waals surface area (Å²) >= 11 is 0. The molecule has 0 radical (unpaired) electrons. The number of ether oxygens (including phenoxy) is 1. The molecule has 0 bridgehead atoms. The number of hydrogen-bond donors (Lipinski definition) is 1. The number of rotatable bonds is 9. The molecule has 2 N–H and O–H groups in total. The number of aromatic nitrogens is 2. The van der Waals surface area contributed by atoms with Crippen LogP contribution < -0.4 is 5.73 Å². The lowest BCUT2D eigenvalue weighted by Crippen LogP contribution is -2.47. The number of hydrogen-bond acceptors (Lipinski definition) is 7. The van der Waals surface area contributed by atoms with Crippen LogP contribution >= 0.6 is 0 Å². The molecule has 1 aliphatic rings. The monoisotopic (exact) mass is 449 g/mol. The Morgan fingerprint density at radius 2 is 1.66 bits per heavy atom. The molecule has 1 saturated heterocycles. The highest BCUT2D eigenvalue weighted by Gasteiger charge is 2.25. The van der Waals surface area contributed by atoms with Crippen LogP contribution in [0.25, 0.3) is 0 Å². The van der Waals surface area contributed by atoms with Crippen molar-refractivity contribution in [1.29, 1.82) is 0 Å². The fourth-order valence-electron chi connectivity index (χ4n) is 3.77. The van der Waals surface area contributed by atoms with E-state index in [1.54, 1.807) is 4.68 Å². The van der Waals surface area contributed by atoms with E-state index in [-0.39, 0.29) is 11.4 Å². The van der Waals surface area contributed by atoms with E-state index >= 15 is 0 Å². The molecule has 32 heavy (non-hydrogen) atoms. The van der Waals surface area contributed by atoms with Crippen LogP contribution in [0, 0.1) is 11.6 Å². The molecule has 0 amide bonds. The first-order valence-corrected chi connectivity index (χ1v) is 10.8. The number of nitrogen functional groups attached to an aromatic ring is 1. The van der Waals surface area contributed by atoms with E-state index in [9.17, 15) is 18.4 Å². The Labute approximate surface area is 185 Å². The molecular weight excluding hydrogens is 420 g/mol. The first-order chi connectivity index (χ1) is 15.3. The van der Waals surface area contributed by atoms with Crippen molar-refractivity contribution in [3.8, 4) is 0 Å². The maximum absolute atomic E-state index is 13.8. The quantitative estimate of drug-likeness (QED) is 0.462. The third-order valence-corrected chi connectivity index (χ3v) is 5.72. The van der Waals surface area contributed by atoms with Crippen LogP contribution in [0.15, 0.2) is 18.2 Å². The molecule has 0 spiro atoms. The fourth-order valence-corrected chi connectivity index (χ4v) is 3.77. The summed E-state index contributed by atoms with van der Waals surface area (Å²) in [7, 11) is 0. The van der Waals surface area contributed by atoms with Gasteiger partial charge in [-0.05, 0) is 25.1 Å². The summed E-state index contributed by atoms with van der Waals surface area (Å²) in [6.45, 7) is 9.41. The lowest BCUT2D eigenvalue weighted by Gasteiger charge is -2.33. The third kappa shape index (κ3) is 5.31. The van der Waals surface area contributed by atoms with E-state index in [1.165, 1.54) is 0 Å². The molecule has 2 aromatic rings. The molecular formula is C22H29F2N5O3. The summed E-state index contributed by atoms with van der Waals surface area (Å²) < 4.78 is 34.2. The van der Waals surface area contributed by atoms with E-state index in [2.05, 4.69) is 21.8 Å². The molecule has 1 fully saturated rings. The highest BCUT2D eigenvalue weighted by Crippen LogP contribution is 2.20. The van der Waals surface area contributed by atoms with Gasteiger partial charge in [0.25, 0.3) is 0 Å². The molecule has 8 nitrogen and oxygen atoms in total. The largest absolute Gasteiger partial charge is 0.454 e. The van der Waals surface area contributed by atoms with Gasteiger partial charge < -0.3 is 15.4 Å². The van der Waals surface area contributed by atoms with Gasteiger partial charge in [0.15, 0.2) is 6.61 Å². The summed E-state index contributed by atoms with van der Waals surface area (Å²) in [6, 6.07) is 3.09. The average Bonchev–Trinajstić information content (AvgIpc) is 3.11. The van der Waals surface area contributed by atoms with Gasteiger partial charge in [0.05, 0.1) is 17.8 Å². The van der Waals surface area contributed by atoms with Crippen LogP contribution in [0.4, 0.5) is 14.6 Å². The second-order valence-electron chi connectivity index (χ2n) is 7.66. The molecule has 0 aliphatic carbocycles. The molecule has 1 aromatic heterocycles. The normalized spacial score (nSPS) is 15.1. The van der Waals surface area contributed by atoms with E-state index in [4.69, 9.17) is 10.5 Å². The van der Waals surface area contributed by atoms with Gasteiger partial charge in [-0.3, -0.25) is 9.69 Å². The van der Waals surface area contributed by atoms with Crippen molar-refractivity contribution in [2.75, 3.05) is 51.6 Å². The standard InChI is InChI=1S/C22H29F2N5O3/c1-3-17-20(22(31)32-14-18(30)19-15(23)6-5-7-16(19)24)21(25)29(26-17)13-12-28-10-8-27(4-2)9-11-28/h5-7H,3-4,8-14,25H2,1-2H3. The number of benzene rings is 1. The number of anilines is 1. The minimum Gasteiger partial charge on any atom is -0.454 e. The molecule has 2 heterocycles. The number of likely N-dealkylation sites (N-methyl/N-ethyl adjacent to an activating group) is 1. The van der Waals surface area contributed by atoms with Crippen LogP contribution in [-0.4, -0.2) is 77.2 Å². The third-order valence-electron chi connectivity index (χ3n) is 5.72. The smallest absolute Gasteiger partial charge is 0.344 e. The van der Waals surface area contributed by atoms with E-state index < -0.39 is 35.6 Å². The van der Waals surface area contributed by atoms with E-state index in [0.717, 1.165) is 57.5 Å². The second kappa shape index (κ2) is 10.6. The molecule has 0 atom stereocenters. The molecule has 0 unspecified atom stereocenters. The summed E-state index contributed by atoms with van der Waals surface area (Å²) in [4.78, 5) is 29.5. The maximum Gasteiger partial charge on any atom is 0.344 e. The molecule has 0 saturated carbocycles. The molecule has 1 aliphatic heterocycles. The van der Waals surface area contributed by atoms with Gasteiger partial charge in [-0.1, -0.05) is 19.9 Å². The van der Waals surface area contributed by atoms with Crippen LogP contribution in [0.3, 0.4) is 0 Å². The Bertz CT molecular complexity index is 950. The van der Waals surface area contributed by atoms with Crippen molar-refractivity contribution in [2.45, 2.75) is 26.8 Å².